The summed E-state index contributed by atoms with van der Waals surface area (Å²) in [4.78, 5) is 11.2. The number of ketones is 1. The summed E-state index contributed by atoms with van der Waals surface area (Å²) in [6.45, 7) is 5.64. The Balaban J connectivity index is 2.98. The third-order valence-corrected chi connectivity index (χ3v) is 2.18. The van der Waals surface area contributed by atoms with E-state index in [4.69, 9.17) is 0 Å². The van der Waals surface area contributed by atoms with Gasteiger partial charge in [-0.2, -0.15) is 0 Å². The van der Waals surface area contributed by atoms with Gasteiger partial charge in [-0.05, 0) is 19.8 Å². The molecule has 0 aromatic heterocycles. The van der Waals surface area contributed by atoms with E-state index in [9.17, 15) is 9.90 Å². The topological polar surface area (TPSA) is 37.3 Å². The van der Waals surface area contributed by atoms with Crippen molar-refractivity contribution < 1.29 is 9.90 Å². The molecule has 0 aromatic carbocycles. The highest BCUT2D eigenvalue weighted by atomic mass is 16.3. The van der Waals surface area contributed by atoms with Gasteiger partial charge in [0.05, 0.1) is 6.10 Å². The maximum atomic E-state index is 11.2. The molecule has 1 aliphatic carbocycles. The smallest absolute Gasteiger partial charge is 0.161 e. The molecular weight excluding hydrogens is 140 g/mol. The normalized spacial score (nSPS) is 31.3. The second-order valence-corrected chi connectivity index (χ2v) is 3.46. The minimum atomic E-state index is -0.521. The van der Waals surface area contributed by atoms with Crippen LogP contribution in [0.2, 0.25) is 0 Å². The third kappa shape index (κ3) is 1.36. The van der Waals surface area contributed by atoms with Gasteiger partial charge in [0.25, 0.3) is 0 Å². The van der Waals surface area contributed by atoms with E-state index in [1.165, 1.54) is 0 Å². The summed E-state index contributed by atoms with van der Waals surface area (Å²) in [6.07, 6.45) is -0.0192. The average molecular weight is 154 g/mol. The monoisotopic (exact) mass is 154 g/mol. The van der Waals surface area contributed by atoms with Crippen LogP contribution in [0, 0.1) is 5.92 Å². The minimum Gasteiger partial charge on any atom is -0.388 e. The minimum absolute atomic E-state index is 0.104. The first kappa shape index (κ1) is 8.47. The van der Waals surface area contributed by atoms with Gasteiger partial charge in [0.15, 0.2) is 5.78 Å². The molecule has 11 heavy (non-hydrogen) atoms. The maximum absolute atomic E-state index is 11.2. The Labute approximate surface area is 66.9 Å². The number of Topliss-reactive ketones (excluding diaryl/α,β-unsaturated/α-hetero) is 1. The molecule has 62 valence electrons. The van der Waals surface area contributed by atoms with Gasteiger partial charge in [-0.25, -0.2) is 0 Å². The van der Waals surface area contributed by atoms with Crippen LogP contribution in [-0.4, -0.2) is 17.0 Å². The molecule has 1 N–H and O–H groups in total. The van der Waals surface area contributed by atoms with E-state index in [-0.39, 0.29) is 11.7 Å². The number of aliphatic hydroxyl groups is 1. The third-order valence-electron chi connectivity index (χ3n) is 2.18. The first-order valence-electron chi connectivity index (χ1n) is 3.92. The second kappa shape index (κ2) is 2.78. The zero-order valence-corrected chi connectivity index (χ0v) is 7.22. The first-order valence-corrected chi connectivity index (χ1v) is 3.92. The van der Waals surface area contributed by atoms with Crippen molar-refractivity contribution >= 4 is 5.78 Å². The molecule has 0 aromatic rings. The van der Waals surface area contributed by atoms with E-state index < -0.39 is 6.10 Å². The molecule has 1 aliphatic rings. The Morgan fingerprint density at radius 3 is 2.27 bits per heavy atom. The van der Waals surface area contributed by atoms with Crippen LogP contribution >= 0.6 is 0 Å². The van der Waals surface area contributed by atoms with E-state index in [2.05, 4.69) is 0 Å². The van der Waals surface area contributed by atoms with Crippen molar-refractivity contribution in [2.45, 2.75) is 33.3 Å². The van der Waals surface area contributed by atoms with Gasteiger partial charge in [-0.15, -0.1) is 0 Å². The molecule has 0 amide bonds. The SMILES string of the molecule is CC(C)=C1C(=O)CC(C)C1O. The Hall–Kier alpha value is -0.630. The number of rotatable bonds is 0. The lowest BCUT2D eigenvalue weighted by Gasteiger charge is -2.08. The van der Waals surface area contributed by atoms with E-state index in [1.807, 2.05) is 20.8 Å². The number of carbonyl (C=O) groups is 1. The highest BCUT2D eigenvalue weighted by Gasteiger charge is 2.33. The lowest BCUT2D eigenvalue weighted by molar-refractivity contribution is -0.114. The fraction of sp³-hybridized carbons (Fsp3) is 0.667. The highest BCUT2D eigenvalue weighted by molar-refractivity contribution is 5.99. The van der Waals surface area contributed by atoms with Gasteiger partial charge >= 0.3 is 0 Å². The van der Waals surface area contributed by atoms with Crippen LogP contribution in [0.25, 0.3) is 0 Å². The van der Waals surface area contributed by atoms with Crippen molar-refractivity contribution in [3.05, 3.63) is 11.1 Å². The van der Waals surface area contributed by atoms with Crippen molar-refractivity contribution in [2.75, 3.05) is 0 Å². The molecule has 2 unspecified atom stereocenters. The average Bonchev–Trinajstić information content (AvgIpc) is 2.07. The van der Waals surface area contributed by atoms with E-state index in [0.29, 0.717) is 12.0 Å². The molecule has 2 nitrogen and oxygen atoms in total. The predicted molar refractivity (Wildman–Crippen MR) is 43.2 cm³/mol. The molecule has 2 heteroatoms. The summed E-state index contributed by atoms with van der Waals surface area (Å²) < 4.78 is 0. The van der Waals surface area contributed by atoms with Crippen molar-refractivity contribution in [3.8, 4) is 0 Å². The van der Waals surface area contributed by atoms with Gasteiger partial charge in [0, 0.05) is 12.0 Å². The lowest BCUT2D eigenvalue weighted by atomic mass is 10.0. The summed E-state index contributed by atoms with van der Waals surface area (Å²) in [5.74, 6) is 0.220. The number of hydrogen-bond acceptors (Lipinski definition) is 2. The molecular formula is C9H14O2. The summed E-state index contributed by atoms with van der Waals surface area (Å²) >= 11 is 0. The van der Waals surface area contributed by atoms with Crippen LogP contribution in [0.5, 0.6) is 0 Å². The summed E-state index contributed by atoms with van der Waals surface area (Å²) in [5.41, 5.74) is 1.59. The number of hydrogen-bond donors (Lipinski definition) is 1. The van der Waals surface area contributed by atoms with Crippen molar-refractivity contribution in [3.63, 3.8) is 0 Å². The molecule has 0 saturated heterocycles. The Morgan fingerprint density at radius 1 is 1.55 bits per heavy atom. The molecule has 0 heterocycles. The fourth-order valence-corrected chi connectivity index (χ4v) is 1.54. The lowest BCUT2D eigenvalue weighted by Crippen LogP contribution is -2.13. The quantitative estimate of drug-likeness (QED) is 0.534. The molecule has 0 aliphatic heterocycles. The summed E-state index contributed by atoms with van der Waals surface area (Å²) in [7, 11) is 0. The summed E-state index contributed by atoms with van der Waals surface area (Å²) in [5, 5.41) is 9.52. The number of aliphatic hydroxyl groups excluding tert-OH is 1. The molecule has 0 radical (unpaired) electrons. The van der Waals surface area contributed by atoms with Crippen LogP contribution in [-0.2, 0) is 4.79 Å². The summed E-state index contributed by atoms with van der Waals surface area (Å²) in [6, 6.07) is 0. The van der Waals surface area contributed by atoms with Crippen LogP contribution < -0.4 is 0 Å². The Bertz CT molecular complexity index is 212. The van der Waals surface area contributed by atoms with Crippen molar-refractivity contribution in [1.82, 2.24) is 0 Å². The standard InChI is InChI=1S/C9H14O2/c1-5(2)8-7(10)4-6(3)9(8)11/h6,9,11H,4H2,1-3H3. The Morgan fingerprint density at radius 2 is 2.09 bits per heavy atom. The molecule has 2 atom stereocenters. The van der Waals surface area contributed by atoms with Crippen molar-refractivity contribution in [1.29, 1.82) is 0 Å². The van der Waals surface area contributed by atoms with Gasteiger partial charge < -0.3 is 5.11 Å². The van der Waals surface area contributed by atoms with Crippen molar-refractivity contribution in [2.24, 2.45) is 5.92 Å². The fourth-order valence-electron chi connectivity index (χ4n) is 1.54. The molecule has 0 bridgehead atoms. The van der Waals surface area contributed by atoms with Crippen LogP contribution in [0.3, 0.4) is 0 Å². The molecule has 1 fully saturated rings. The largest absolute Gasteiger partial charge is 0.388 e. The zero-order chi connectivity index (χ0) is 8.59. The molecule has 1 rings (SSSR count). The Kier molecular flexibility index (Phi) is 2.14. The number of allylic oxidation sites excluding steroid dienone is 1. The van der Waals surface area contributed by atoms with Gasteiger partial charge in [-0.1, -0.05) is 12.5 Å². The van der Waals surface area contributed by atoms with Gasteiger partial charge in [0.1, 0.15) is 0 Å². The van der Waals surface area contributed by atoms with Crippen LogP contribution in [0.4, 0.5) is 0 Å². The van der Waals surface area contributed by atoms with Gasteiger partial charge in [-0.3, -0.25) is 4.79 Å². The molecule has 0 spiro atoms. The number of carbonyl (C=O) groups excluding carboxylic acids is 1. The predicted octanol–water partition coefficient (Wildman–Crippen LogP) is 1.29. The highest BCUT2D eigenvalue weighted by Crippen LogP contribution is 2.29. The van der Waals surface area contributed by atoms with Crippen LogP contribution in [0.1, 0.15) is 27.2 Å². The van der Waals surface area contributed by atoms with E-state index >= 15 is 0 Å². The van der Waals surface area contributed by atoms with E-state index in [1.54, 1.807) is 0 Å². The van der Waals surface area contributed by atoms with E-state index in [0.717, 1.165) is 5.57 Å². The van der Waals surface area contributed by atoms with Crippen LogP contribution in [0.15, 0.2) is 11.1 Å². The maximum Gasteiger partial charge on any atom is 0.161 e. The first-order chi connectivity index (χ1) is 5.04. The molecule has 1 saturated carbocycles. The zero-order valence-electron chi connectivity index (χ0n) is 7.22. The van der Waals surface area contributed by atoms with Gasteiger partial charge in [0.2, 0.25) is 0 Å². The second-order valence-electron chi connectivity index (χ2n) is 3.46.